The minimum atomic E-state index is 1.04. The maximum atomic E-state index is 2.37. The second kappa shape index (κ2) is 5.21. The van der Waals surface area contributed by atoms with E-state index in [0.717, 1.165) is 6.42 Å². The lowest BCUT2D eigenvalue weighted by Gasteiger charge is -2.07. The number of thiophene rings is 1. The summed E-state index contributed by atoms with van der Waals surface area (Å²) in [6, 6.07) is 31.5. The highest BCUT2D eigenvalue weighted by Crippen LogP contribution is 2.49. The zero-order valence-electron chi connectivity index (χ0n) is 15.2. The van der Waals surface area contributed by atoms with Gasteiger partial charge in [0, 0.05) is 25.7 Å². The molecular weight excluding hydrogens is 356 g/mol. The van der Waals surface area contributed by atoms with Gasteiger partial charge < -0.3 is 0 Å². The monoisotopic (exact) mass is 372 g/mol. The molecule has 0 fully saturated rings. The third kappa shape index (κ3) is 1.85. The van der Waals surface area contributed by atoms with Crippen LogP contribution in [0, 0.1) is 0 Å². The van der Waals surface area contributed by atoms with Crippen LogP contribution in [0.3, 0.4) is 0 Å². The Balaban J connectivity index is 1.66. The van der Waals surface area contributed by atoms with Gasteiger partial charge in [0.05, 0.1) is 0 Å². The molecule has 1 aliphatic rings. The fraction of sp³-hybridized carbons (Fsp3) is 0.0370. The minimum absolute atomic E-state index is 1.04. The molecule has 0 nitrogen and oxygen atoms in total. The fourth-order valence-electron chi connectivity index (χ4n) is 4.95. The van der Waals surface area contributed by atoms with Gasteiger partial charge in [-0.1, -0.05) is 72.8 Å². The Hall–Kier alpha value is -3.16. The van der Waals surface area contributed by atoms with Gasteiger partial charge >= 0.3 is 0 Å². The van der Waals surface area contributed by atoms with Crippen molar-refractivity contribution >= 4 is 53.1 Å². The molecule has 0 amide bonds. The van der Waals surface area contributed by atoms with E-state index in [1.54, 1.807) is 0 Å². The molecule has 0 bridgehead atoms. The van der Waals surface area contributed by atoms with Gasteiger partial charge in [0.2, 0.25) is 0 Å². The van der Waals surface area contributed by atoms with E-state index in [9.17, 15) is 0 Å². The van der Waals surface area contributed by atoms with E-state index >= 15 is 0 Å². The van der Waals surface area contributed by atoms with E-state index in [2.05, 4.69) is 84.9 Å². The van der Waals surface area contributed by atoms with Crippen molar-refractivity contribution in [2.45, 2.75) is 6.42 Å². The quantitative estimate of drug-likeness (QED) is 0.253. The first-order valence-electron chi connectivity index (χ1n) is 9.75. The number of hydrogen-bond acceptors (Lipinski definition) is 1. The molecule has 1 aliphatic carbocycles. The van der Waals surface area contributed by atoms with E-state index in [1.807, 2.05) is 11.3 Å². The molecule has 1 heterocycles. The third-order valence-corrected chi connectivity index (χ3v) is 7.43. The van der Waals surface area contributed by atoms with Gasteiger partial charge in [0.1, 0.15) is 0 Å². The Labute approximate surface area is 166 Å². The summed E-state index contributed by atoms with van der Waals surface area (Å²) in [4.78, 5) is 0. The van der Waals surface area contributed by atoms with Crippen LogP contribution in [-0.2, 0) is 6.42 Å². The summed E-state index contributed by atoms with van der Waals surface area (Å²) in [6.07, 6.45) is 1.04. The van der Waals surface area contributed by atoms with Crippen molar-refractivity contribution in [2.75, 3.05) is 0 Å². The summed E-state index contributed by atoms with van der Waals surface area (Å²) in [6.45, 7) is 0. The molecule has 0 saturated heterocycles. The van der Waals surface area contributed by atoms with Gasteiger partial charge in [-0.15, -0.1) is 11.3 Å². The molecule has 7 rings (SSSR count). The van der Waals surface area contributed by atoms with Crippen LogP contribution in [-0.4, -0.2) is 0 Å². The lowest BCUT2D eigenvalue weighted by molar-refractivity contribution is 1.27. The third-order valence-electron chi connectivity index (χ3n) is 6.24. The van der Waals surface area contributed by atoms with E-state index in [-0.39, 0.29) is 0 Å². The molecule has 0 radical (unpaired) electrons. The van der Waals surface area contributed by atoms with Crippen LogP contribution in [0.15, 0.2) is 84.9 Å². The number of hydrogen-bond donors (Lipinski definition) is 0. The second-order valence-corrected chi connectivity index (χ2v) is 8.82. The van der Waals surface area contributed by atoms with E-state index in [4.69, 9.17) is 0 Å². The second-order valence-electron chi connectivity index (χ2n) is 7.77. The van der Waals surface area contributed by atoms with Crippen LogP contribution in [0.2, 0.25) is 0 Å². The molecule has 28 heavy (non-hydrogen) atoms. The van der Waals surface area contributed by atoms with Crippen LogP contribution < -0.4 is 0 Å². The van der Waals surface area contributed by atoms with Crippen molar-refractivity contribution in [3.63, 3.8) is 0 Å². The average molecular weight is 372 g/mol. The molecule has 1 aromatic heterocycles. The van der Waals surface area contributed by atoms with Crippen molar-refractivity contribution < 1.29 is 0 Å². The Morgan fingerprint density at radius 3 is 2.14 bits per heavy atom. The Kier molecular flexibility index (Phi) is 2.76. The summed E-state index contributed by atoms with van der Waals surface area (Å²) in [7, 11) is 0. The summed E-state index contributed by atoms with van der Waals surface area (Å²) < 4.78 is 2.83. The van der Waals surface area contributed by atoms with Gasteiger partial charge in [0.25, 0.3) is 0 Å². The minimum Gasteiger partial charge on any atom is -0.134 e. The zero-order valence-corrected chi connectivity index (χ0v) is 16.0. The van der Waals surface area contributed by atoms with Gasteiger partial charge in [-0.25, -0.2) is 0 Å². The maximum Gasteiger partial charge on any atom is 0.0437 e. The van der Waals surface area contributed by atoms with E-state index in [1.165, 1.54) is 64.0 Å². The first-order valence-corrected chi connectivity index (χ1v) is 10.6. The van der Waals surface area contributed by atoms with Gasteiger partial charge in [-0.3, -0.25) is 0 Å². The van der Waals surface area contributed by atoms with Crippen molar-refractivity contribution in [2.24, 2.45) is 0 Å². The largest absolute Gasteiger partial charge is 0.134 e. The molecule has 1 heteroatoms. The molecule has 5 aromatic carbocycles. The van der Waals surface area contributed by atoms with Crippen LogP contribution in [0.4, 0.5) is 0 Å². The highest BCUT2D eigenvalue weighted by molar-refractivity contribution is 7.26. The van der Waals surface area contributed by atoms with Gasteiger partial charge in [-0.2, -0.15) is 0 Å². The lowest BCUT2D eigenvalue weighted by Crippen LogP contribution is -1.82. The number of rotatable bonds is 0. The topological polar surface area (TPSA) is 0 Å². The summed E-state index contributed by atoms with van der Waals surface area (Å²) in [5.74, 6) is 0. The molecule has 0 N–H and O–H groups in total. The number of benzene rings is 5. The van der Waals surface area contributed by atoms with Crippen molar-refractivity contribution in [1.82, 2.24) is 0 Å². The lowest BCUT2D eigenvalue weighted by atomic mass is 9.96. The molecular formula is C27H16S. The molecule has 6 aromatic rings. The zero-order chi connectivity index (χ0) is 18.2. The van der Waals surface area contributed by atoms with Crippen LogP contribution in [0.25, 0.3) is 52.8 Å². The first-order chi connectivity index (χ1) is 13.9. The predicted octanol–water partition coefficient (Wildman–Crippen LogP) is 7.93. The smallest absolute Gasteiger partial charge is 0.0437 e. The molecule has 0 atom stereocenters. The van der Waals surface area contributed by atoms with Crippen molar-refractivity contribution in [3.8, 4) is 11.1 Å². The SMILES string of the molecule is c1ccc2cc3c(cc2c1)sc1c2c(ccc13)Cc1ccc3ccccc3c1-2. The number of fused-ring (bicyclic) bond motifs is 10. The molecule has 0 spiro atoms. The van der Waals surface area contributed by atoms with Crippen LogP contribution in [0.5, 0.6) is 0 Å². The van der Waals surface area contributed by atoms with Gasteiger partial charge in [0.15, 0.2) is 0 Å². The molecule has 0 unspecified atom stereocenters. The van der Waals surface area contributed by atoms with Gasteiger partial charge in [-0.05, 0) is 56.8 Å². The molecule has 0 saturated carbocycles. The molecule has 130 valence electrons. The summed E-state index contributed by atoms with van der Waals surface area (Å²) in [5.41, 5.74) is 5.85. The van der Waals surface area contributed by atoms with E-state index < -0.39 is 0 Å². The fourth-order valence-corrected chi connectivity index (χ4v) is 6.26. The Morgan fingerprint density at radius 1 is 0.536 bits per heavy atom. The Bertz CT molecular complexity index is 1580. The summed E-state index contributed by atoms with van der Waals surface area (Å²) >= 11 is 1.95. The Morgan fingerprint density at radius 2 is 1.25 bits per heavy atom. The highest BCUT2D eigenvalue weighted by atomic mass is 32.1. The normalized spacial score (nSPS) is 12.9. The standard InChI is InChI=1S/C27H16S/c1-2-7-18-15-24-23(14-17(18)6-1)22-12-11-20-13-19-10-9-16-5-3-4-8-21(16)25(19)26(20)27(22)28-24/h1-12,14-15H,13H2. The van der Waals surface area contributed by atoms with Crippen molar-refractivity contribution in [1.29, 1.82) is 0 Å². The van der Waals surface area contributed by atoms with Crippen LogP contribution in [0.1, 0.15) is 11.1 Å². The predicted molar refractivity (Wildman–Crippen MR) is 123 cm³/mol. The average Bonchev–Trinajstić information content (AvgIpc) is 3.29. The van der Waals surface area contributed by atoms with E-state index in [0.29, 0.717) is 0 Å². The first kappa shape index (κ1) is 14.8. The van der Waals surface area contributed by atoms with Crippen LogP contribution >= 0.6 is 11.3 Å². The molecule has 0 aliphatic heterocycles. The maximum absolute atomic E-state index is 2.37. The summed E-state index contributed by atoms with van der Waals surface area (Å²) in [5, 5.41) is 8.14. The van der Waals surface area contributed by atoms with Crippen molar-refractivity contribution in [3.05, 3.63) is 96.1 Å². The highest BCUT2D eigenvalue weighted by Gasteiger charge is 2.24.